The van der Waals surface area contributed by atoms with Crippen LogP contribution in [0.15, 0.2) is 12.2 Å². The summed E-state index contributed by atoms with van der Waals surface area (Å²) in [7, 11) is -4.27. The summed E-state index contributed by atoms with van der Waals surface area (Å²) in [6.07, 6.45) is 21.3. The zero-order valence-corrected chi connectivity index (χ0v) is 17.6. The van der Waals surface area contributed by atoms with E-state index in [4.69, 9.17) is 14.5 Å². The van der Waals surface area contributed by atoms with Crippen molar-refractivity contribution in [3.05, 3.63) is 12.2 Å². The van der Waals surface area contributed by atoms with Crippen LogP contribution >= 0.6 is 7.82 Å². The van der Waals surface area contributed by atoms with Crippen molar-refractivity contribution in [1.29, 1.82) is 0 Å². The van der Waals surface area contributed by atoms with Crippen LogP contribution in [0, 0.1) is 0 Å². The lowest BCUT2D eigenvalue weighted by Crippen LogP contribution is -1.92. The van der Waals surface area contributed by atoms with Gasteiger partial charge in [0.05, 0.1) is 6.61 Å². The Labute approximate surface area is 160 Å². The molecule has 0 aliphatic rings. The van der Waals surface area contributed by atoms with E-state index < -0.39 is 7.82 Å². The molecule has 0 amide bonds. The van der Waals surface area contributed by atoms with Crippen LogP contribution in [0.2, 0.25) is 0 Å². The highest BCUT2D eigenvalue weighted by molar-refractivity contribution is 7.46. The van der Waals surface area contributed by atoms with E-state index in [9.17, 15) is 4.57 Å². The summed E-state index contributed by atoms with van der Waals surface area (Å²) in [4.78, 5) is 17.1. The number of phosphoric ester groups is 1. The van der Waals surface area contributed by atoms with E-state index in [1.807, 2.05) is 6.92 Å². The summed E-state index contributed by atoms with van der Waals surface area (Å²) in [5.74, 6) is 0. The van der Waals surface area contributed by atoms with Gasteiger partial charge in [0.2, 0.25) is 0 Å². The Balaban J connectivity index is 3.12. The molecule has 0 aromatic heterocycles. The van der Waals surface area contributed by atoms with Crippen molar-refractivity contribution in [2.75, 3.05) is 19.8 Å². The number of hydrogen-bond acceptors (Lipinski definition) is 3. The number of unbranched alkanes of at least 4 members (excludes halogenated alkanes) is 12. The molecule has 0 atom stereocenters. The molecule has 0 aliphatic carbocycles. The molecule has 0 aromatic rings. The average Bonchev–Trinajstić information content (AvgIpc) is 2.59. The molecule has 0 rings (SSSR count). The Morgan fingerprint density at radius 3 is 1.58 bits per heavy atom. The van der Waals surface area contributed by atoms with Crippen molar-refractivity contribution < 1.29 is 23.6 Å². The van der Waals surface area contributed by atoms with Crippen LogP contribution in [0.25, 0.3) is 0 Å². The van der Waals surface area contributed by atoms with Crippen molar-refractivity contribution in [2.45, 2.75) is 96.8 Å². The maximum atomic E-state index is 10.5. The molecule has 5 nitrogen and oxygen atoms in total. The van der Waals surface area contributed by atoms with E-state index in [-0.39, 0.29) is 6.61 Å². The van der Waals surface area contributed by atoms with Gasteiger partial charge in [-0.15, -0.1) is 0 Å². The lowest BCUT2D eigenvalue weighted by Gasteiger charge is -2.04. The van der Waals surface area contributed by atoms with Gasteiger partial charge in [0.25, 0.3) is 0 Å². The fourth-order valence-electron chi connectivity index (χ4n) is 2.81. The summed E-state index contributed by atoms with van der Waals surface area (Å²) in [5, 5.41) is 0. The van der Waals surface area contributed by atoms with Crippen LogP contribution in [0.1, 0.15) is 96.8 Å². The van der Waals surface area contributed by atoms with Crippen molar-refractivity contribution in [1.82, 2.24) is 0 Å². The second-order valence-corrected chi connectivity index (χ2v) is 8.05. The molecule has 0 saturated carbocycles. The van der Waals surface area contributed by atoms with Crippen molar-refractivity contribution in [2.24, 2.45) is 0 Å². The summed E-state index contributed by atoms with van der Waals surface area (Å²) in [6.45, 7) is 3.96. The fourth-order valence-corrected chi connectivity index (χ4v) is 3.18. The quantitative estimate of drug-likeness (QED) is 0.148. The van der Waals surface area contributed by atoms with E-state index >= 15 is 0 Å². The number of rotatable bonds is 20. The maximum Gasteiger partial charge on any atom is 0.469 e. The van der Waals surface area contributed by atoms with E-state index in [1.165, 1.54) is 70.6 Å². The van der Waals surface area contributed by atoms with Gasteiger partial charge in [-0.3, -0.25) is 4.52 Å². The molecule has 0 radical (unpaired) electrons. The minimum absolute atomic E-state index is 0.153. The van der Waals surface area contributed by atoms with Crippen LogP contribution in [0.3, 0.4) is 0 Å². The predicted molar refractivity (Wildman–Crippen MR) is 108 cm³/mol. The smallest absolute Gasteiger partial charge is 0.382 e. The molecule has 0 aliphatic heterocycles. The number of ether oxygens (including phenoxy) is 1. The molecule has 156 valence electrons. The van der Waals surface area contributed by atoms with E-state index in [0.717, 1.165) is 32.5 Å². The topological polar surface area (TPSA) is 76.0 Å². The highest BCUT2D eigenvalue weighted by Crippen LogP contribution is 2.35. The number of allylic oxidation sites excluding steroid dienone is 2. The molecule has 26 heavy (non-hydrogen) atoms. The zero-order valence-electron chi connectivity index (χ0n) is 16.7. The molecule has 0 heterocycles. The summed E-state index contributed by atoms with van der Waals surface area (Å²) >= 11 is 0. The molecule has 0 spiro atoms. The van der Waals surface area contributed by atoms with Crippen LogP contribution in [0.4, 0.5) is 0 Å². The SMILES string of the molecule is CCOCCCCCCCC/C=C\CCCCCCCCOP(=O)(O)O. The first-order valence-electron chi connectivity index (χ1n) is 10.5. The van der Waals surface area contributed by atoms with Gasteiger partial charge in [0, 0.05) is 13.2 Å². The van der Waals surface area contributed by atoms with Gasteiger partial charge in [-0.25, -0.2) is 4.57 Å². The second kappa shape index (κ2) is 19.6. The highest BCUT2D eigenvalue weighted by Gasteiger charge is 2.12. The average molecular weight is 393 g/mol. The third kappa shape index (κ3) is 23.8. The number of phosphoric acid groups is 1. The van der Waals surface area contributed by atoms with Crippen LogP contribution in [0.5, 0.6) is 0 Å². The Morgan fingerprint density at radius 1 is 0.692 bits per heavy atom. The fraction of sp³-hybridized carbons (Fsp3) is 0.900. The van der Waals surface area contributed by atoms with Crippen LogP contribution < -0.4 is 0 Å². The van der Waals surface area contributed by atoms with Gasteiger partial charge >= 0.3 is 7.82 Å². The summed E-state index contributed by atoms with van der Waals surface area (Å²) < 4.78 is 20.2. The van der Waals surface area contributed by atoms with Crippen LogP contribution in [-0.4, -0.2) is 29.6 Å². The lowest BCUT2D eigenvalue weighted by atomic mass is 10.1. The Hall–Kier alpha value is -0.190. The molecular formula is C20H41O5P. The van der Waals surface area contributed by atoms with Gasteiger partial charge < -0.3 is 14.5 Å². The third-order valence-electron chi connectivity index (χ3n) is 4.30. The molecule has 0 fully saturated rings. The monoisotopic (exact) mass is 392 g/mol. The largest absolute Gasteiger partial charge is 0.469 e. The van der Waals surface area contributed by atoms with E-state index in [1.54, 1.807) is 0 Å². The Kier molecular flexibility index (Phi) is 19.4. The first-order chi connectivity index (χ1) is 12.6. The van der Waals surface area contributed by atoms with Gasteiger partial charge in [0.1, 0.15) is 0 Å². The van der Waals surface area contributed by atoms with Gasteiger partial charge in [-0.05, 0) is 45.4 Å². The van der Waals surface area contributed by atoms with Crippen molar-refractivity contribution in [3.63, 3.8) is 0 Å². The minimum Gasteiger partial charge on any atom is -0.382 e. The van der Waals surface area contributed by atoms with Gasteiger partial charge in [-0.2, -0.15) is 0 Å². The Morgan fingerprint density at radius 2 is 1.12 bits per heavy atom. The predicted octanol–water partition coefficient (Wildman–Crippen LogP) is 6.15. The maximum absolute atomic E-state index is 10.5. The van der Waals surface area contributed by atoms with Crippen LogP contribution in [-0.2, 0) is 13.8 Å². The third-order valence-corrected chi connectivity index (χ3v) is 4.82. The first-order valence-corrected chi connectivity index (χ1v) is 12.0. The van der Waals surface area contributed by atoms with E-state index in [0.29, 0.717) is 0 Å². The first kappa shape index (κ1) is 25.8. The van der Waals surface area contributed by atoms with E-state index in [2.05, 4.69) is 16.7 Å². The standard InChI is InChI=1S/C20H41O5P/c1-2-24-19-17-15-13-11-9-7-5-3-4-6-8-10-12-14-16-18-20-25-26(21,22)23/h3-4H,2,5-20H2,1H3,(H2,21,22,23)/b4-3-. The minimum atomic E-state index is -4.27. The molecule has 6 heteroatoms. The number of hydrogen-bond donors (Lipinski definition) is 2. The molecule has 0 unspecified atom stereocenters. The van der Waals surface area contributed by atoms with Crippen molar-refractivity contribution in [3.8, 4) is 0 Å². The van der Waals surface area contributed by atoms with Gasteiger partial charge in [-0.1, -0.05) is 63.5 Å². The zero-order chi connectivity index (χ0) is 19.3. The van der Waals surface area contributed by atoms with Gasteiger partial charge in [0.15, 0.2) is 0 Å². The second-order valence-electron chi connectivity index (χ2n) is 6.81. The molecule has 2 N–H and O–H groups in total. The Bertz CT molecular complexity index is 354. The molecule has 0 aromatic carbocycles. The summed E-state index contributed by atoms with van der Waals surface area (Å²) in [6, 6.07) is 0. The van der Waals surface area contributed by atoms with Crippen molar-refractivity contribution >= 4 is 7.82 Å². The molecular weight excluding hydrogens is 351 g/mol. The normalized spacial score (nSPS) is 12.3. The lowest BCUT2D eigenvalue weighted by molar-refractivity contribution is 0.143. The highest BCUT2D eigenvalue weighted by atomic mass is 31.2. The molecule has 0 bridgehead atoms. The summed E-state index contributed by atoms with van der Waals surface area (Å²) in [5.41, 5.74) is 0. The molecule has 0 saturated heterocycles.